The third-order valence-electron chi connectivity index (χ3n) is 3.84. The molecule has 4 heteroatoms. The van der Waals surface area contributed by atoms with Gasteiger partial charge in [-0.15, -0.1) is 0 Å². The summed E-state index contributed by atoms with van der Waals surface area (Å²) in [5.41, 5.74) is 1.57. The zero-order valence-corrected chi connectivity index (χ0v) is 11.6. The van der Waals surface area contributed by atoms with E-state index in [9.17, 15) is 9.18 Å². The molecule has 2 heterocycles. The highest BCUT2D eigenvalue weighted by atomic mass is 19.1. The van der Waals surface area contributed by atoms with Crippen molar-refractivity contribution in [1.82, 2.24) is 4.90 Å². The molecule has 3 nitrogen and oxygen atoms in total. The number of nitrogens with zero attached hydrogens (tertiary/aromatic N) is 2. The Morgan fingerprint density at radius 3 is 2.65 bits per heavy atom. The molecule has 0 spiro atoms. The summed E-state index contributed by atoms with van der Waals surface area (Å²) in [6, 6.07) is 5.87. The van der Waals surface area contributed by atoms with E-state index in [1.165, 1.54) is 12.1 Å². The minimum Gasteiger partial charge on any atom is -0.298 e. The van der Waals surface area contributed by atoms with Crippen LogP contribution in [0.1, 0.15) is 19.4 Å². The van der Waals surface area contributed by atoms with Gasteiger partial charge in [0.1, 0.15) is 18.0 Å². The summed E-state index contributed by atoms with van der Waals surface area (Å²) in [7, 11) is 0. The van der Waals surface area contributed by atoms with Crippen molar-refractivity contribution in [2.45, 2.75) is 26.1 Å². The van der Waals surface area contributed by atoms with Crippen molar-refractivity contribution in [2.24, 2.45) is 10.9 Å². The fourth-order valence-electron chi connectivity index (χ4n) is 2.93. The summed E-state index contributed by atoms with van der Waals surface area (Å²) >= 11 is 0. The van der Waals surface area contributed by atoms with Gasteiger partial charge in [0.15, 0.2) is 5.78 Å². The summed E-state index contributed by atoms with van der Waals surface area (Å²) in [6.07, 6.45) is 4.11. The lowest BCUT2D eigenvalue weighted by atomic mass is 9.98. The minimum absolute atomic E-state index is 0.0693. The number of ketones is 1. The number of Topliss-reactive ketones (excluding diaryl/α,β-unsaturated/α-hetero) is 1. The highest BCUT2D eigenvalue weighted by Crippen LogP contribution is 2.28. The van der Waals surface area contributed by atoms with E-state index in [-0.39, 0.29) is 23.8 Å². The van der Waals surface area contributed by atoms with Gasteiger partial charge < -0.3 is 0 Å². The average Bonchev–Trinajstić information content (AvgIpc) is 2.78. The predicted octanol–water partition coefficient (Wildman–Crippen LogP) is 2.42. The SMILES string of the molecule is CC(=O)C1C(c2ccc(F)cc2)=NC2C=CC(C)CN21. The van der Waals surface area contributed by atoms with Crippen LogP contribution in [0.4, 0.5) is 4.39 Å². The Bertz CT molecular complexity index is 591. The fourth-order valence-corrected chi connectivity index (χ4v) is 2.93. The average molecular weight is 272 g/mol. The van der Waals surface area contributed by atoms with Crippen molar-refractivity contribution >= 4 is 11.5 Å². The van der Waals surface area contributed by atoms with Crippen molar-refractivity contribution in [3.63, 3.8) is 0 Å². The molecule has 1 aromatic rings. The molecule has 2 aliphatic heterocycles. The third-order valence-corrected chi connectivity index (χ3v) is 3.84. The van der Waals surface area contributed by atoms with Crippen molar-refractivity contribution in [3.05, 3.63) is 47.8 Å². The van der Waals surface area contributed by atoms with Gasteiger partial charge in [-0.05, 0) is 36.6 Å². The summed E-state index contributed by atoms with van der Waals surface area (Å²) in [5.74, 6) is 0.215. The van der Waals surface area contributed by atoms with E-state index in [4.69, 9.17) is 0 Å². The van der Waals surface area contributed by atoms with E-state index in [0.717, 1.165) is 17.8 Å². The number of benzene rings is 1. The number of halogens is 1. The Hall–Kier alpha value is -1.81. The van der Waals surface area contributed by atoms with Gasteiger partial charge in [-0.1, -0.05) is 25.1 Å². The molecular weight excluding hydrogens is 255 g/mol. The highest BCUT2D eigenvalue weighted by Gasteiger charge is 2.40. The topological polar surface area (TPSA) is 32.7 Å². The molecule has 3 rings (SSSR count). The molecule has 3 atom stereocenters. The molecular formula is C16H17FN2O. The second-order valence-corrected chi connectivity index (χ2v) is 5.51. The molecule has 0 saturated heterocycles. The first-order valence-corrected chi connectivity index (χ1v) is 6.84. The third kappa shape index (κ3) is 2.20. The molecule has 3 unspecified atom stereocenters. The molecule has 0 amide bonds. The van der Waals surface area contributed by atoms with Gasteiger partial charge in [-0.2, -0.15) is 0 Å². The molecule has 0 fully saturated rings. The maximum absolute atomic E-state index is 13.0. The van der Waals surface area contributed by atoms with E-state index in [2.05, 4.69) is 22.9 Å². The lowest BCUT2D eigenvalue weighted by Crippen LogP contribution is -2.47. The van der Waals surface area contributed by atoms with Gasteiger partial charge in [0.2, 0.25) is 0 Å². The van der Waals surface area contributed by atoms with Gasteiger partial charge in [0, 0.05) is 6.54 Å². The van der Waals surface area contributed by atoms with Gasteiger partial charge in [0.05, 0.1) is 5.71 Å². The number of carbonyl (C=O) groups is 1. The van der Waals surface area contributed by atoms with Gasteiger partial charge in [-0.25, -0.2) is 4.39 Å². The molecule has 0 saturated carbocycles. The zero-order chi connectivity index (χ0) is 14.3. The van der Waals surface area contributed by atoms with Crippen LogP contribution in [0.15, 0.2) is 41.4 Å². The van der Waals surface area contributed by atoms with Crippen LogP contribution in [-0.4, -0.2) is 35.1 Å². The maximum Gasteiger partial charge on any atom is 0.153 e. The Kier molecular flexibility index (Phi) is 3.26. The van der Waals surface area contributed by atoms with Crippen LogP contribution in [0.25, 0.3) is 0 Å². The predicted molar refractivity (Wildman–Crippen MR) is 76.2 cm³/mol. The van der Waals surface area contributed by atoms with Crippen LogP contribution >= 0.6 is 0 Å². The van der Waals surface area contributed by atoms with Crippen LogP contribution < -0.4 is 0 Å². The zero-order valence-electron chi connectivity index (χ0n) is 11.6. The van der Waals surface area contributed by atoms with Crippen LogP contribution in [0.3, 0.4) is 0 Å². The van der Waals surface area contributed by atoms with E-state index < -0.39 is 0 Å². The number of fused-ring (bicyclic) bond motifs is 1. The Balaban J connectivity index is 1.99. The first-order valence-electron chi connectivity index (χ1n) is 6.84. The largest absolute Gasteiger partial charge is 0.298 e. The van der Waals surface area contributed by atoms with Crippen LogP contribution in [0.2, 0.25) is 0 Å². The van der Waals surface area contributed by atoms with E-state index in [0.29, 0.717) is 5.92 Å². The molecule has 20 heavy (non-hydrogen) atoms. The lowest BCUT2D eigenvalue weighted by Gasteiger charge is -2.31. The standard InChI is InChI=1S/C16H17FN2O/c1-10-3-8-14-18-15(12-4-6-13(17)7-5-12)16(11(2)20)19(14)9-10/h3-8,10,14,16H,9H2,1-2H3. The maximum atomic E-state index is 13.0. The molecule has 0 N–H and O–H groups in total. The van der Waals surface area contributed by atoms with Gasteiger partial charge in [-0.3, -0.25) is 14.7 Å². The molecule has 0 bridgehead atoms. The monoisotopic (exact) mass is 272 g/mol. The molecule has 104 valence electrons. The Morgan fingerprint density at radius 2 is 2.00 bits per heavy atom. The quantitative estimate of drug-likeness (QED) is 0.775. The molecule has 2 aliphatic rings. The fraction of sp³-hybridized carbons (Fsp3) is 0.375. The second kappa shape index (κ2) is 4.94. The number of hydrogen-bond donors (Lipinski definition) is 0. The smallest absolute Gasteiger partial charge is 0.153 e. The van der Waals surface area contributed by atoms with Crippen LogP contribution in [0, 0.1) is 11.7 Å². The van der Waals surface area contributed by atoms with Crippen molar-refractivity contribution in [2.75, 3.05) is 6.54 Å². The molecule has 1 aromatic carbocycles. The van der Waals surface area contributed by atoms with Crippen LogP contribution in [0.5, 0.6) is 0 Å². The van der Waals surface area contributed by atoms with E-state index >= 15 is 0 Å². The number of hydrogen-bond acceptors (Lipinski definition) is 3. The van der Waals surface area contributed by atoms with Crippen molar-refractivity contribution < 1.29 is 9.18 Å². The van der Waals surface area contributed by atoms with Crippen LogP contribution in [-0.2, 0) is 4.79 Å². The highest BCUT2D eigenvalue weighted by molar-refractivity contribution is 6.17. The first-order chi connectivity index (χ1) is 9.56. The summed E-state index contributed by atoms with van der Waals surface area (Å²) in [6.45, 7) is 4.54. The van der Waals surface area contributed by atoms with E-state index in [1.54, 1.807) is 19.1 Å². The lowest BCUT2D eigenvalue weighted by molar-refractivity contribution is -0.120. The minimum atomic E-state index is -0.321. The normalized spacial score (nSPS) is 29.1. The summed E-state index contributed by atoms with van der Waals surface area (Å²) < 4.78 is 13.0. The van der Waals surface area contributed by atoms with Gasteiger partial charge >= 0.3 is 0 Å². The number of carbonyl (C=O) groups excluding carboxylic acids is 1. The first kappa shape index (κ1) is 13.2. The molecule has 0 radical (unpaired) electrons. The second-order valence-electron chi connectivity index (χ2n) is 5.51. The molecule has 0 aromatic heterocycles. The Labute approximate surface area is 117 Å². The van der Waals surface area contributed by atoms with Crippen molar-refractivity contribution in [1.29, 1.82) is 0 Å². The van der Waals surface area contributed by atoms with E-state index in [1.807, 2.05) is 6.08 Å². The summed E-state index contributed by atoms with van der Waals surface area (Å²) in [4.78, 5) is 18.8. The van der Waals surface area contributed by atoms with Crippen molar-refractivity contribution in [3.8, 4) is 0 Å². The van der Waals surface area contributed by atoms with Gasteiger partial charge in [0.25, 0.3) is 0 Å². The number of aliphatic imine (C=N–C) groups is 1. The Morgan fingerprint density at radius 1 is 1.30 bits per heavy atom. The molecule has 0 aliphatic carbocycles. The summed E-state index contributed by atoms with van der Waals surface area (Å²) in [5, 5.41) is 0. The number of rotatable bonds is 2.